The van der Waals surface area contributed by atoms with Crippen LogP contribution in [0.25, 0.3) is 0 Å². The molecule has 0 amide bonds. The Morgan fingerprint density at radius 3 is 1.57 bits per heavy atom. The van der Waals surface area contributed by atoms with E-state index in [0.717, 1.165) is 6.08 Å². The monoisotopic (exact) mass is 193 g/mol. The molecule has 1 nitrogen and oxygen atoms in total. The molecular weight excluding hydrogens is 190 g/mol. The van der Waals surface area contributed by atoms with Gasteiger partial charge in [0.15, 0.2) is 0 Å². The van der Waals surface area contributed by atoms with Gasteiger partial charge in [0.2, 0.25) is 0 Å². The van der Waals surface area contributed by atoms with Crippen LogP contribution in [0.3, 0.4) is 0 Å². The van der Waals surface area contributed by atoms with E-state index in [1.54, 1.807) is 0 Å². The first kappa shape index (κ1) is 25.3. The van der Waals surface area contributed by atoms with Crippen molar-refractivity contribution in [3.05, 3.63) is 12.7 Å². The fraction of sp³-hybridized carbons (Fsp3) is 0. The van der Waals surface area contributed by atoms with E-state index in [2.05, 4.69) is 6.58 Å². The van der Waals surface area contributed by atoms with Crippen LogP contribution in [0.2, 0.25) is 0 Å². The molecule has 0 atom stereocenters. The van der Waals surface area contributed by atoms with E-state index >= 15 is 0 Å². The van der Waals surface area contributed by atoms with Gasteiger partial charge in [0, 0.05) is 45.1 Å². The quantitative estimate of drug-likeness (QED) is 0.322. The molecule has 0 aliphatic rings. The molecule has 0 saturated carbocycles. The van der Waals surface area contributed by atoms with Crippen LogP contribution in [0.15, 0.2) is 12.7 Å². The van der Waals surface area contributed by atoms with Crippen molar-refractivity contribution in [1.29, 1.82) is 0 Å². The molecule has 0 bridgehead atoms. The Labute approximate surface area is 68.9 Å². The van der Waals surface area contributed by atoms with Gasteiger partial charge in [-0.3, -0.25) is 0 Å². The number of hydrogen-bond acceptors (Lipinski definition) is 1. The Morgan fingerprint density at radius 2 is 1.57 bits per heavy atom. The van der Waals surface area contributed by atoms with E-state index in [1.807, 2.05) is 0 Å². The fourth-order valence-corrected chi connectivity index (χ4v) is 0. The molecule has 0 spiro atoms. The molecule has 0 heterocycles. The average Bonchev–Trinajstić information content (AvgIpc) is 1.37. The Morgan fingerprint density at radius 1 is 1.43 bits per heavy atom. The largest absolute Gasteiger partial charge is 0.419 e. The fourth-order valence-electron chi connectivity index (χ4n) is 0. The molecule has 40 valence electrons. The molecule has 0 rings (SSSR count). The maximum absolute atomic E-state index is 8.93. The van der Waals surface area contributed by atoms with Gasteiger partial charge in [0.25, 0.3) is 0 Å². The Kier molecular flexibility index (Phi) is 109. The van der Waals surface area contributed by atoms with Gasteiger partial charge in [-0.1, -0.05) is 0 Å². The molecule has 0 fully saturated rings. The summed E-state index contributed by atoms with van der Waals surface area (Å²) < 4.78 is 0. The van der Waals surface area contributed by atoms with Crippen molar-refractivity contribution in [3.63, 3.8) is 0 Å². The summed E-state index contributed by atoms with van der Waals surface area (Å²) in [6, 6.07) is 0. The molecule has 0 aliphatic carbocycles. The molecule has 0 aliphatic heterocycles. The third-order valence-corrected chi connectivity index (χ3v) is 0.0833. The zero-order valence-corrected chi connectivity index (χ0v) is 6.81. The summed E-state index contributed by atoms with van der Waals surface area (Å²) in [5.41, 5.74) is 0. The Hall–Kier alpha value is 0.666. The molecule has 0 N–H and O–H groups in total. The number of rotatable bonds is 1. The van der Waals surface area contributed by atoms with Crippen LogP contribution in [0.4, 0.5) is 0 Å². The van der Waals surface area contributed by atoms with Crippen molar-refractivity contribution in [2.24, 2.45) is 0 Å². The number of hydrogen-bond donors (Lipinski definition) is 0. The summed E-state index contributed by atoms with van der Waals surface area (Å²) in [7, 11) is 0. The first-order valence-electron chi connectivity index (χ1n) is 0.901. The molecule has 0 aromatic heterocycles. The standard InChI is InChI=1S/C3H3O.2Mn.Si/c1-2-3-4;;;/h2H,1H2;;;/q-1;;;. The number of allylic oxidation sites excluding steroid dienone is 1. The van der Waals surface area contributed by atoms with E-state index in [1.165, 1.54) is 6.29 Å². The van der Waals surface area contributed by atoms with Crippen molar-refractivity contribution >= 4 is 17.3 Å². The van der Waals surface area contributed by atoms with E-state index in [4.69, 9.17) is 4.79 Å². The van der Waals surface area contributed by atoms with Crippen molar-refractivity contribution in [3.8, 4) is 0 Å². The zero-order chi connectivity index (χ0) is 3.41. The first-order chi connectivity index (χ1) is 1.91. The summed E-state index contributed by atoms with van der Waals surface area (Å²) >= 11 is 0. The minimum atomic E-state index is 0. The first-order valence-corrected chi connectivity index (χ1v) is 0.901. The molecule has 0 unspecified atom stereocenters. The van der Waals surface area contributed by atoms with Gasteiger partial charge < -0.3 is 4.79 Å². The van der Waals surface area contributed by atoms with E-state index in [9.17, 15) is 0 Å². The van der Waals surface area contributed by atoms with Crippen LogP contribution in [-0.2, 0) is 38.9 Å². The van der Waals surface area contributed by atoms with Crippen molar-refractivity contribution in [2.75, 3.05) is 0 Å². The second kappa shape index (κ2) is 30.1. The molecular formula is C3H3Mn2OSi-. The summed E-state index contributed by atoms with van der Waals surface area (Å²) in [5.74, 6) is 0. The zero-order valence-electron chi connectivity index (χ0n) is 3.45. The average molecular weight is 193 g/mol. The van der Waals surface area contributed by atoms with Gasteiger partial charge in [-0.2, -0.15) is 0 Å². The van der Waals surface area contributed by atoms with Crippen molar-refractivity contribution in [2.45, 2.75) is 0 Å². The third-order valence-electron chi connectivity index (χ3n) is 0.0833. The van der Waals surface area contributed by atoms with Gasteiger partial charge in [-0.05, 0) is 6.29 Å². The molecule has 4 heteroatoms. The Bertz CT molecular complexity index is 33.9. The van der Waals surface area contributed by atoms with Crippen LogP contribution in [0, 0.1) is 0 Å². The van der Waals surface area contributed by atoms with Crippen molar-refractivity contribution in [1.82, 2.24) is 0 Å². The topological polar surface area (TPSA) is 17.1 Å². The van der Waals surface area contributed by atoms with Gasteiger partial charge in [-0.25, -0.2) is 12.7 Å². The van der Waals surface area contributed by atoms with Gasteiger partial charge >= 0.3 is 0 Å². The SMILES string of the molecule is C=C[C-]=O.[Mn].[Mn].[Si]. The second-order valence-electron chi connectivity index (χ2n) is 0.322. The van der Waals surface area contributed by atoms with E-state index in [0.29, 0.717) is 0 Å². The minimum Gasteiger partial charge on any atom is -0.419 e. The normalized spacial score (nSPS) is 2.86. The smallest absolute Gasteiger partial charge is 0 e. The van der Waals surface area contributed by atoms with Gasteiger partial charge in [-0.15, -0.1) is 0 Å². The van der Waals surface area contributed by atoms with Crippen LogP contribution in [-0.4, -0.2) is 17.3 Å². The van der Waals surface area contributed by atoms with Crippen LogP contribution in [0.1, 0.15) is 0 Å². The van der Waals surface area contributed by atoms with E-state index < -0.39 is 0 Å². The van der Waals surface area contributed by atoms with Crippen LogP contribution < -0.4 is 0 Å². The molecule has 0 saturated heterocycles. The van der Waals surface area contributed by atoms with Crippen LogP contribution >= 0.6 is 0 Å². The predicted octanol–water partition coefficient (Wildman–Crippen LogP) is -0.104. The summed E-state index contributed by atoms with van der Waals surface area (Å²) in [5, 5.41) is 0. The molecule has 0 aromatic rings. The summed E-state index contributed by atoms with van der Waals surface area (Å²) in [4.78, 5) is 8.93. The predicted molar refractivity (Wildman–Crippen MR) is 21.6 cm³/mol. The maximum atomic E-state index is 8.93. The van der Waals surface area contributed by atoms with E-state index in [-0.39, 0.29) is 45.1 Å². The number of carbonyl (C=O) groups excluding carboxylic acids is 1. The van der Waals surface area contributed by atoms with Crippen molar-refractivity contribution < 1.29 is 38.9 Å². The second-order valence-corrected chi connectivity index (χ2v) is 0.322. The Balaban J connectivity index is -0.0000000150. The minimum absolute atomic E-state index is 0. The maximum Gasteiger partial charge on any atom is 0 e. The van der Waals surface area contributed by atoms with Gasteiger partial charge in [0.1, 0.15) is 0 Å². The van der Waals surface area contributed by atoms with Gasteiger partial charge in [0.05, 0.1) is 0 Å². The molecule has 0 aromatic carbocycles. The summed E-state index contributed by atoms with van der Waals surface area (Å²) in [6.45, 7) is 3.06. The van der Waals surface area contributed by atoms with Crippen LogP contribution in [0.5, 0.6) is 0 Å². The molecule has 7 heavy (non-hydrogen) atoms. The third kappa shape index (κ3) is 52.3. The summed E-state index contributed by atoms with van der Waals surface area (Å²) in [6.07, 6.45) is 2.51. The molecule has 6 radical (unpaired) electrons.